The summed E-state index contributed by atoms with van der Waals surface area (Å²) >= 11 is 0. The smallest absolute Gasteiger partial charge is 0.234 e. The number of likely N-dealkylation sites (tertiary alicyclic amines) is 3. The first-order valence-electron chi connectivity index (χ1n) is 57.3. The van der Waals surface area contributed by atoms with Crippen LogP contribution in [0.1, 0.15) is 327 Å². The number of aryl methyl sites for hydroxylation is 8. The number of piperazine rings is 1. The molecular weight excluding hydrogens is 1830 g/mol. The Morgan fingerprint density at radius 1 is 0.336 bits per heavy atom. The molecule has 796 valence electrons. The molecule has 1 atom stereocenters. The fourth-order valence-corrected chi connectivity index (χ4v) is 29.8. The molecule has 6 aliphatic heterocycles. The molecule has 22 rings (SSSR count). The van der Waals surface area contributed by atoms with Crippen LogP contribution in [-0.2, 0) is 68.5 Å². The van der Waals surface area contributed by atoms with E-state index in [1.807, 2.05) is 7.05 Å². The number of rotatable bonds is 20. The summed E-state index contributed by atoms with van der Waals surface area (Å²) < 4.78 is 28.9. The minimum absolute atomic E-state index is 0.00271. The van der Waals surface area contributed by atoms with Crippen molar-refractivity contribution in [1.82, 2.24) is 44.5 Å². The van der Waals surface area contributed by atoms with E-state index in [1.54, 1.807) is 5.56 Å². The van der Waals surface area contributed by atoms with Gasteiger partial charge in [-0.15, -0.1) is 0 Å². The molecule has 18 nitrogen and oxygen atoms in total. The number of piperidine rings is 1. The van der Waals surface area contributed by atoms with Crippen molar-refractivity contribution in [2.24, 2.45) is 5.73 Å². The molecule has 19 heteroatoms. The number of nitrogens with zero attached hydrogens (tertiary/aromatic N) is 8. The monoisotopic (exact) mass is 2010 g/mol. The van der Waals surface area contributed by atoms with Gasteiger partial charge < -0.3 is 31.1 Å². The SMILES string of the molecule is Cc1ccc(C2(N(C)CC(N)=O)CCCC2)cc1.Cc1ccc(C2(N(C)CCO)CCCC2)cc1.Cc1ccc(C2(N3CCC(O)C3)CCCC2)cc1.Cc1ccc(C2(N3CCC(O)CC3)CCCC2)cc1.Cc1ccc(C2(N3CCCC3)CCCC2)cc1.Cc1ccc(C2(N3CCNC(=O)C3)CCCC2)cc1.Cc1ccc(C2(N3CCOCC3)CCCC2)cc1.Cc1ccc(C2(N3CCS(=O)(=O)CC3)CCCC2)cc1. The Morgan fingerprint density at radius 2 is 0.589 bits per heavy atom. The summed E-state index contributed by atoms with van der Waals surface area (Å²) in [5.74, 6) is 0.557. The molecule has 14 aliphatic rings. The van der Waals surface area contributed by atoms with E-state index in [4.69, 9.17) is 15.6 Å². The summed E-state index contributed by atoms with van der Waals surface area (Å²) in [5.41, 5.74) is 29.0. The van der Waals surface area contributed by atoms with E-state index in [2.05, 4.69) is 301 Å². The first-order chi connectivity index (χ1) is 70.5. The number of benzene rings is 8. The predicted octanol–water partition coefficient (Wildman–Crippen LogP) is 22.6. The molecule has 146 heavy (non-hydrogen) atoms. The van der Waals surface area contributed by atoms with Gasteiger partial charge in [-0.2, -0.15) is 0 Å². The molecular formula is C127H184N10O8S. The molecule has 8 aromatic rings. The summed E-state index contributed by atoms with van der Waals surface area (Å²) in [5, 5.41) is 31.7. The number of aliphatic hydroxyl groups excluding tert-OH is 3. The number of β-amino-alcohol motifs (C(OH)–C–C–N with tert-alkyl or cyclic N) is 1. The molecule has 0 spiro atoms. The molecule has 14 fully saturated rings. The highest BCUT2D eigenvalue weighted by Crippen LogP contribution is 2.53. The van der Waals surface area contributed by atoms with Crippen LogP contribution in [0.5, 0.6) is 0 Å². The molecule has 8 aromatic carbocycles. The van der Waals surface area contributed by atoms with Crippen molar-refractivity contribution < 1.29 is 38.1 Å². The van der Waals surface area contributed by atoms with Crippen LogP contribution < -0.4 is 11.1 Å². The summed E-state index contributed by atoms with van der Waals surface area (Å²) in [6.07, 6.45) is 46.1. The van der Waals surface area contributed by atoms with Crippen molar-refractivity contribution in [2.75, 3.05) is 144 Å². The van der Waals surface area contributed by atoms with E-state index < -0.39 is 9.84 Å². The molecule has 6 saturated heterocycles. The van der Waals surface area contributed by atoms with Gasteiger partial charge in [0.05, 0.1) is 56.6 Å². The number of carbonyl (C=O) groups excluding carboxylic acids is 2. The minimum atomic E-state index is -2.80. The van der Waals surface area contributed by atoms with Crippen molar-refractivity contribution in [3.05, 3.63) is 283 Å². The van der Waals surface area contributed by atoms with Crippen LogP contribution in [0.15, 0.2) is 194 Å². The fourth-order valence-electron chi connectivity index (χ4n) is 28.6. The number of nitrogens with one attached hydrogen (secondary N) is 1. The van der Waals surface area contributed by atoms with Gasteiger partial charge in [0.25, 0.3) is 0 Å². The molecule has 1 unspecified atom stereocenters. The summed E-state index contributed by atoms with van der Waals surface area (Å²) in [4.78, 5) is 42.8. The first-order valence-corrected chi connectivity index (χ1v) is 59.1. The average molecular weight is 2010 g/mol. The molecule has 8 saturated carbocycles. The van der Waals surface area contributed by atoms with Crippen molar-refractivity contribution in [3.63, 3.8) is 0 Å². The van der Waals surface area contributed by atoms with Crippen LogP contribution in [0.2, 0.25) is 0 Å². The number of sulfone groups is 1. The van der Waals surface area contributed by atoms with Crippen LogP contribution >= 0.6 is 0 Å². The number of carbonyl (C=O) groups is 2. The average Bonchev–Trinajstić information content (AvgIpc) is 1.77. The van der Waals surface area contributed by atoms with Gasteiger partial charge in [-0.1, -0.05) is 341 Å². The molecule has 0 radical (unpaired) electrons. The highest BCUT2D eigenvalue weighted by Gasteiger charge is 2.50. The Morgan fingerprint density at radius 3 is 0.877 bits per heavy atom. The largest absolute Gasteiger partial charge is 0.395 e. The Kier molecular flexibility index (Phi) is 40.0. The third kappa shape index (κ3) is 27.1. The van der Waals surface area contributed by atoms with Crippen LogP contribution in [-0.4, -0.2) is 231 Å². The zero-order valence-corrected chi connectivity index (χ0v) is 92.2. The Hall–Kier alpha value is -7.83. The summed E-state index contributed by atoms with van der Waals surface area (Å²) in [7, 11) is 1.35. The van der Waals surface area contributed by atoms with Crippen LogP contribution in [0.25, 0.3) is 0 Å². The lowest BCUT2D eigenvalue weighted by Gasteiger charge is -2.45. The molecule has 0 aromatic heterocycles. The number of aliphatic hydroxyl groups is 3. The molecule has 6 heterocycles. The second-order valence-electron chi connectivity index (χ2n) is 46.6. The number of morpholine rings is 1. The first kappa shape index (κ1) is 112. The summed E-state index contributed by atoms with van der Waals surface area (Å²) in [6, 6.07) is 72.0. The number of likely N-dealkylation sites (N-methyl/N-ethyl adjacent to an activating group) is 2. The second-order valence-corrected chi connectivity index (χ2v) is 48.9. The Bertz CT molecular complexity index is 5320. The Labute approximate surface area is 880 Å². The van der Waals surface area contributed by atoms with Crippen LogP contribution in [0, 0.1) is 55.4 Å². The van der Waals surface area contributed by atoms with E-state index in [0.29, 0.717) is 48.8 Å². The van der Waals surface area contributed by atoms with Crippen LogP contribution in [0.4, 0.5) is 0 Å². The van der Waals surface area contributed by atoms with Gasteiger partial charge in [0.1, 0.15) is 0 Å². The van der Waals surface area contributed by atoms with Crippen molar-refractivity contribution in [3.8, 4) is 0 Å². The quantitative estimate of drug-likeness (QED) is 0.0482. The molecule has 0 bridgehead atoms. The molecule has 6 N–H and O–H groups in total. The highest BCUT2D eigenvalue weighted by atomic mass is 32.2. The third-order valence-corrected chi connectivity index (χ3v) is 38.8. The van der Waals surface area contributed by atoms with E-state index in [0.717, 1.165) is 117 Å². The number of ether oxygens (including phenoxy) is 1. The normalized spacial score (nSPS) is 23.4. The van der Waals surface area contributed by atoms with E-state index in [1.165, 1.54) is 289 Å². The van der Waals surface area contributed by atoms with Gasteiger partial charge in [0.15, 0.2) is 9.84 Å². The maximum atomic E-state index is 11.7. The second kappa shape index (κ2) is 52.0. The van der Waals surface area contributed by atoms with Crippen molar-refractivity contribution >= 4 is 21.7 Å². The number of primary amides is 1. The number of hydrogen-bond acceptors (Lipinski definition) is 16. The third-order valence-electron chi connectivity index (χ3n) is 37.2. The molecule has 8 aliphatic carbocycles. The lowest BCUT2D eigenvalue weighted by molar-refractivity contribution is -0.126. The van der Waals surface area contributed by atoms with Crippen molar-refractivity contribution in [2.45, 2.75) is 349 Å². The van der Waals surface area contributed by atoms with Crippen molar-refractivity contribution in [1.29, 1.82) is 0 Å². The van der Waals surface area contributed by atoms with Gasteiger partial charge in [-0.3, -0.25) is 48.8 Å². The topological polar surface area (TPSA) is 202 Å². The maximum Gasteiger partial charge on any atom is 0.234 e. The zero-order chi connectivity index (χ0) is 103. The summed E-state index contributed by atoms with van der Waals surface area (Å²) in [6.45, 7) is 32.7. The lowest BCUT2D eigenvalue weighted by Crippen LogP contribution is -2.55. The lowest BCUT2D eigenvalue weighted by atomic mass is 9.84. The van der Waals surface area contributed by atoms with E-state index >= 15 is 0 Å². The number of nitrogens with two attached hydrogens (primary N) is 1. The zero-order valence-electron chi connectivity index (χ0n) is 91.4. The van der Waals surface area contributed by atoms with Gasteiger partial charge in [-0.05, 0) is 262 Å². The van der Waals surface area contributed by atoms with Crippen LogP contribution in [0.3, 0.4) is 0 Å². The predicted molar refractivity (Wildman–Crippen MR) is 599 cm³/mol. The van der Waals surface area contributed by atoms with E-state index in [9.17, 15) is 28.2 Å². The molecule has 2 amide bonds. The van der Waals surface area contributed by atoms with Gasteiger partial charge in [0.2, 0.25) is 11.8 Å². The maximum absolute atomic E-state index is 11.7. The number of amides is 2. The van der Waals surface area contributed by atoms with Gasteiger partial charge in [0, 0.05) is 116 Å². The highest BCUT2D eigenvalue weighted by molar-refractivity contribution is 7.91. The van der Waals surface area contributed by atoms with Gasteiger partial charge >= 0.3 is 0 Å². The number of hydrogen-bond donors (Lipinski definition) is 5. The van der Waals surface area contributed by atoms with E-state index in [-0.39, 0.29) is 63.9 Å². The van der Waals surface area contributed by atoms with Gasteiger partial charge in [-0.25, -0.2) is 8.42 Å². The Balaban J connectivity index is 0.000000125. The fraction of sp³-hybridized carbons (Fsp3) is 0.606. The minimum Gasteiger partial charge on any atom is -0.395 e. The standard InChI is InChI=1S/C17H25NO.C16H22N2O.C16H23NO2S.2C16H23NO.C16H23N.C15H22N2O.C15H23NO/c1-14-4-6-15(7-5-14)17(10-2-3-11-17)18-12-8-16(19)9-13-18;1-13-4-6-14(7-5-13)16(8-2-3-9-16)18-11-10-17-15(19)12-18;1-14-4-6-15(7-5-14)16(8-2-3-9-16)17-10-12-20(18,19)13-11-17;1-13-4-6-14(7-5-13)16(9-2-3-10-16)17-11-8-15(18)12-17;1-14-4-6-15(7-5-14)16(8-2-3-9-16)17-10-12-18-13-11-17;1-14-6-8-15(9-7-14)16(10-2-3-11-16)17-12-4-5-13-17;1-12-5-7-13(8-6-12)15(9-3-4-10-15)17(2)11-14(16)18;1-13-5-7-14(8-6-13)15(9-3-4-10-15)16(2)11-12-17/h4-7,16,19H,2-3,8-13H2,1H3;4-7H,2-3,8-12H2,1H3,(H,17,19);4-7H,2-3,8-13H2,1H3;4-7,15,18H,2-3,8-12H2,1H3;4-7H,2-3,8-13H2,1H3;6-9H,2-5,10-13H2,1H3;5-8H,3-4,9-11H2,1-2H3,(H2,16,18);5-8,17H,3-4,9-12H2,1-2H3.